The van der Waals surface area contributed by atoms with Crippen LogP contribution in [-0.4, -0.2) is 41.7 Å². The highest BCUT2D eigenvalue weighted by molar-refractivity contribution is 6.01. The first-order valence-electron chi connectivity index (χ1n) is 6.22. The van der Waals surface area contributed by atoms with E-state index in [9.17, 15) is 9.59 Å². The van der Waals surface area contributed by atoms with Crippen LogP contribution in [0.25, 0.3) is 0 Å². The molecule has 6 nitrogen and oxygen atoms in total. The summed E-state index contributed by atoms with van der Waals surface area (Å²) >= 11 is 0. The summed E-state index contributed by atoms with van der Waals surface area (Å²) in [5.41, 5.74) is -0.380. The predicted molar refractivity (Wildman–Crippen MR) is 73.1 cm³/mol. The lowest BCUT2D eigenvalue weighted by atomic mass is 10.1. The van der Waals surface area contributed by atoms with E-state index in [0.29, 0.717) is 0 Å². The minimum absolute atomic E-state index is 0.0370. The van der Waals surface area contributed by atoms with Gasteiger partial charge in [0, 0.05) is 13.2 Å². The van der Waals surface area contributed by atoms with E-state index < -0.39 is 11.9 Å². The molecular weight excluding hydrogens is 264 g/mol. The zero-order valence-corrected chi connectivity index (χ0v) is 11.8. The highest BCUT2D eigenvalue weighted by atomic mass is 16.7. The molecule has 1 aromatic rings. The Bertz CT molecular complexity index is 390. The van der Waals surface area contributed by atoms with Gasteiger partial charge in [-0.05, 0) is 32.9 Å². The second kappa shape index (κ2) is 9.94. The zero-order chi connectivity index (χ0) is 15.5. The quantitative estimate of drug-likeness (QED) is 0.779. The fourth-order valence-corrected chi connectivity index (χ4v) is 1.37. The van der Waals surface area contributed by atoms with E-state index in [1.807, 2.05) is 20.8 Å². The Morgan fingerprint density at radius 3 is 1.60 bits per heavy atom. The van der Waals surface area contributed by atoms with Crippen LogP contribution in [0.2, 0.25) is 0 Å². The van der Waals surface area contributed by atoms with Gasteiger partial charge in [-0.15, -0.1) is 0 Å². The molecule has 2 N–H and O–H groups in total. The van der Waals surface area contributed by atoms with Gasteiger partial charge in [0.25, 0.3) is 0 Å². The van der Waals surface area contributed by atoms with Crippen molar-refractivity contribution in [2.75, 3.05) is 13.2 Å². The molecule has 0 saturated heterocycles. The summed E-state index contributed by atoms with van der Waals surface area (Å²) in [5, 5.41) is 17.1. The zero-order valence-electron chi connectivity index (χ0n) is 11.8. The van der Waals surface area contributed by atoms with Gasteiger partial charge in [0.15, 0.2) is 6.29 Å². The van der Waals surface area contributed by atoms with Gasteiger partial charge in [-0.2, -0.15) is 0 Å². The number of carboxylic acids is 2. The third-order valence-corrected chi connectivity index (χ3v) is 2.19. The summed E-state index contributed by atoms with van der Waals surface area (Å²) in [6.07, 6.45) is -0.0370. The first-order chi connectivity index (χ1) is 9.43. The monoisotopic (exact) mass is 284 g/mol. The maximum absolute atomic E-state index is 10.5. The number of aromatic carboxylic acids is 2. The van der Waals surface area contributed by atoms with Crippen molar-refractivity contribution in [2.45, 2.75) is 27.1 Å². The molecule has 1 rings (SSSR count). The molecule has 0 aliphatic rings. The molecule has 112 valence electrons. The molecule has 0 heterocycles. The van der Waals surface area contributed by atoms with Crippen LogP contribution in [0.1, 0.15) is 41.5 Å². The van der Waals surface area contributed by atoms with Crippen molar-refractivity contribution in [3.63, 3.8) is 0 Å². The molecule has 0 atom stereocenters. The normalized spacial score (nSPS) is 9.80. The molecule has 1 aromatic carbocycles. The van der Waals surface area contributed by atoms with E-state index in [4.69, 9.17) is 19.7 Å². The number of ether oxygens (including phenoxy) is 2. The van der Waals surface area contributed by atoms with Crippen molar-refractivity contribution >= 4 is 11.9 Å². The number of rotatable bonds is 6. The van der Waals surface area contributed by atoms with Crippen LogP contribution in [-0.2, 0) is 9.47 Å². The van der Waals surface area contributed by atoms with Crippen molar-refractivity contribution in [1.29, 1.82) is 0 Å². The van der Waals surface area contributed by atoms with Gasteiger partial charge in [0.1, 0.15) is 0 Å². The Labute approximate surface area is 117 Å². The molecule has 0 aromatic heterocycles. The molecular formula is C14H20O6. The fraction of sp³-hybridized carbons (Fsp3) is 0.429. The first kappa shape index (κ1) is 18.1. The Kier molecular flexibility index (Phi) is 8.98. The molecule has 0 unspecified atom stereocenters. The van der Waals surface area contributed by atoms with E-state index in [1.54, 1.807) is 0 Å². The smallest absolute Gasteiger partial charge is 0.336 e. The van der Waals surface area contributed by atoms with Gasteiger partial charge in [0.2, 0.25) is 0 Å². The van der Waals surface area contributed by atoms with Crippen LogP contribution >= 0.6 is 0 Å². The predicted octanol–water partition coefficient (Wildman–Crippen LogP) is 2.49. The molecule has 0 bridgehead atoms. The van der Waals surface area contributed by atoms with Crippen LogP contribution < -0.4 is 0 Å². The van der Waals surface area contributed by atoms with E-state index in [-0.39, 0.29) is 17.4 Å². The summed E-state index contributed by atoms with van der Waals surface area (Å²) in [4.78, 5) is 20.9. The van der Waals surface area contributed by atoms with Gasteiger partial charge in [-0.25, -0.2) is 9.59 Å². The topological polar surface area (TPSA) is 93.1 Å². The highest BCUT2D eigenvalue weighted by Gasteiger charge is 2.13. The number of hydrogen-bond donors (Lipinski definition) is 2. The molecule has 0 fully saturated rings. The van der Waals surface area contributed by atoms with Crippen LogP contribution in [0.4, 0.5) is 0 Å². The molecule has 0 radical (unpaired) electrons. The Balaban J connectivity index is 0.000000396. The molecule has 0 saturated carbocycles. The average molecular weight is 284 g/mol. The van der Waals surface area contributed by atoms with Gasteiger partial charge < -0.3 is 19.7 Å². The van der Waals surface area contributed by atoms with Crippen molar-refractivity contribution in [1.82, 2.24) is 0 Å². The van der Waals surface area contributed by atoms with E-state index in [0.717, 1.165) is 13.2 Å². The number of hydrogen-bond acceptors (Lipinski definition) is 4. The first-order valence-corrected chi connectivity index (χ1v) is 6.22. The number of carboxylic acid groups (broad SMARTS) is 2. The van der Waals surface area contributed by atoms with E-state index in [2.05, 4.69) is 0 Å². The van der Waals surface area contributed by atoms with Gasteiger partial charge in [-0.3, -0.25) is 0 Å². The van der Waals surface area contributed by atoms with Crippen LogP contribution in [0.3, 0.4) is 0 Å². The lowest BCUT2D eigenvalue weighted by Gasteiger charge is -2.09. The Hall–Kier alpha value is -1.92. The summed E-state index contributed by atoms with van der Waals surface area (Å²) < 4.78 is 10.1. The summed E-state index contributed by atoms with van der Waals surface area (Å²) in [7, 11) is 0. The summed E-state index contributed by atoms with van der Waals surface area (Å²) in [5.74, 6) is -2.46. The van der Waals surface area contributed by atoms with E-state index in [1.165, 1.54) is 24.3 Å². The minimum atomic E-state index is -1.23. The summed E-state index contributed by atoms with van der Waals surface area (Å²) in [6.45, 7) is 7.25. The molecule has 0 spiro atoms. The SMILES string of the molecule is CCOC(C)OCC.O=C(O)c1ccccc1C(=O)O. The van der Waals surface area contributed by atoms with Gasteiger partial charge in [-0.1, -0.05) is 12.1 Å². The lowest BCUT2D eigenvalue weighted by molar-refractivity contribution is -0.123. The van der Waals surface area contributed by atoms with Crippen LogP contribution in [0.5, 0.6) is 0 Å². The maximum atomic E-state index is 10.5. The van der Waals surface area contributed by atoms with Crippen LogP contribution in [0.15, 0.2) is 24.3 Å². The average Bonchev–Trinajstić information content (AvgIpc) is 2.40. The van der Waals surface area contributed by atoms with Crippen LogP contribution in [0, 0.1) is 0 Å². The minimum Gasteiger partial charge on any atom is -0.478 e. The van der Waals surface area contributed by atoms with Crippen molar-refractivity contribution in [3.05, 3.63) is 35.4 Å². The number of benzene rings is 1. The highest BCUT2D eigenvalue weighted by Crippen LogP contribution is 2.07. The van der Waals surface area contributed by atoms with Gasteiger partial charge >= 0.3 is 11.9 Å². The largest absolute Gasteiger partial charge is 0.478 e. The summed E-state index contributed by atoms with van der Waals surface area (Å²) in [6, 6.07) is 5.48. The fourth-order valence-electron chi connectivity index (χ4n) is 1.37. The van der Waals surface area contributed by atoms with Crippen molar-refractivity contribution < 1.29 is 29.3 Å². The standard InChI is InChI=1S/C8H6O4.C6H14O2/c9-7(10)5-3-1-2-4-6(5)8(11)12;1-4-7-6(3)8-5-2/h1-4H,(H,9,10)(H,11,12);6H,4-5H2,1-3H3. The second-order valence-electron chi connectivity index (χ2n) is 3.63. The Morgan fingerprint density at radius 2 is 1.35 bits per heavy atom. The molecule has 20 heavy (non-hydrogen) atoms. The number of carbonyl (C=O) groups is 2. The van der Waals surface area contributed by atoms with Crippen molar-refractivity contribution in [3.8, 4) is 0 Å². The van der Waals surface area contributed by atoms with E-state index >= 15 is 0 Å². The van der Waals surface area contributed by atoms with Crippen molar-refractivity contribution in [2.24, 2.45) is 0 Å². The maximum Gasteiger partial charge on any atom is 0.336 e. The Morgan fingerprint density at radius 1 is 1.00 bits per heavy atom. The van der Waals surface area contributed by atoms with Gasteiger partial charge in [0.05, 0.1) is 11.1 Å². The second-order valence-corrected chi connectivity index (χ2v) is 3.63. The third kappa shape index (κ3) is 6.86. The lowest BCUT2D eigenvalue weighted by Crippen LogP contribution is -2.11. The third-order valence-electron chi connectivity index (χ3n) is 2.19. The molecule has 6 heteroatoms. The molecule has 0 amide bonds. The molecule has 0 aliphatic heterocycles. The molecule has 0 aliphatic carbocycles.